The second kappa shape index (κ2) is 6.75. The van der Waals surface area contributed by atoms with Crippen molar-refractivity contribution in [2.24, 2.45) is 17.8 Å². The van der Waals surface area contributed by atoms with Crippen molar-refractivity contribution < 1.29 is 9.84 Å². The molecular weight excluding hydrogens is 212 g/mol. The topological polar surface area (TPSA) is 29.5 Å². The Morgan fingerprint density at radius 2 is 1.88 bits per heavy atom. The molecule has 1 heterocycles. The normalized spacial score (nSPS) is 33.5. The molecule has 1 saturated heterocycles. The van der Waals surface area contributed by atoms with E-state index in [1.165, 1.54) is 32.1 Å². The summed E-state index contributed by atoms with van der Waals surface area (Å²) in [4.78, 5) is 0. The monoisotopic (exact) mass is 240 g/mol. The highest BCUT2D eigenvalue weighted by molar-refractivity contribution is 4.80. The van der Waals surface area contributed by atoms with Crippen LogP contribution in [0, 0.1) is 17.8 Å². The largest absolute Gasteiger partial charge is 0.393 e. The van der Waals surface area contributed by atoms with Crippen molar-refractivity contribution in [3.05, 3.63) is 0 Å². The fourth-order valence-electron chi connectivity index (χ4n) is 3.57. The predicted octanol–water partition coefficient (Wildman–Crippen LogP) is 3.38. The molecule has 1 saturated carbocycles. The fraction of sp³-hybridized carbons (Fsp3) is 1.00. The van der Waals surface area contributed by atoms with E-state index in [1.807, 2.05) is 0 Å². The lowest BCUT2D eigenvalue weighted by Crippen LogP contribution is -2.30. The molecule has 2 heteroatoms. The molecule has 1 N–H and O–H groups in total. The van der Waals surface area contributed by atoms with E-state index >= 15 is 0 Å². The number of aliphatic hydroxyl groups is 1. The van der Waals surface area contributed by atoms with Gasteiger partial charge in [-0.05, 0) is 49.9 Å². The maximum absolute atomic E-state index is 10.4. The summed E-state index contributed by atoms with van der Waals surface area (Å²) in [7, 11) is 0. The first-order valence-electron chi connectivity index (χ1n) is 7.55. The Morgan fingerprint density at radius 1 is 1.12 bits per heavy atom. The number of aliphatic hydroxyl groups excluding tert-OH is 1. The average molecular weight is 240 g/mol. The van der Waals surface area contributed by atoms with E-state index in [0.717, 1.165) is 38.4 Å². The molecule has 2 fully saturated rings. The Morgan fingerprint density at radius 3 is 2.59 bits per heavy atom. The second-order valence-electron chi connectivity index (χ2n) is 6.06. The molecular formula is C15H28O2. The molecule has 1 aliphatic heterocycles. The average Bonchev–Trinajstić information content (AvgIpc) is 2.40. The molecule has 0 aromatic rings. The first-order valence-corrected chi connectivity index (χ1v) is 7.55. The Kier molecular flexibility index (Phi) is 5.30. The van der Waals surface area contributed by atoms with E-state index in [2.05, 4.69) is 6.92 Å². The smallest absolute Gasteiger partial charge is 0.0571 e. The molecule has 0 aromatic heterocycles. The Labute approximate surface area is 106 Å². The molecule has 0 aromatic carbocycles. The molecule has 2 rings (SSSR count). The minimum atomic E-state index is -0.0487. The van der Waals surface area contributed by atoms with E-state index in [0.29, 0.717) is 11.8 Å². The first kappa shape index (κ1) is 13.4. The highest BCUT2D eigenvalue weighted by atomic mass is 16.5. The quantitative estimate of drug-likeness (QED) is 0.816. The Bertz CT molecular complexity index is 211. The minimum absolute atomic E-state index is 0.0487. The third-order valence-electron chi connectivity index (χ3n) is 4.86. The lowest BCUT2D eigenvalue weighted by atomic mass is 9.75. The van der Waals surface area contributed by atoms with Crippen molar-refractivity contribution in [1.82, 2.24) is 0 Å². The van der Waals surface area contributed by atoms with Crippen LogP contribution in [0.5, 0.6) is 0 Å². The lowest BCUT2D eigenvalue weighted by molar-refractivity contribution is 0.0144. The zero-order chi connectivity index (χ0) is 12.1. The van der Waals surface area contributed by atoms with Gasteiger partial charge in [0.05, 0.1) is 6.10 Å². The van der Waals surface area contributed by atoms with Gasteiger partial charge in [-0.15, -0.1) is 0 Å². The van der Waals surface area contributed by atoms with Gasteiger partial charge in [-0.25, -0.2) is 0 Å². The third kappa shape index (κ3) is 3.96. The van der Waals surface area contributed by atoms with Crippen LogP contribution in [0.1, 0.15) is 58.3 Å². The van der Waals surface area contributed by atoms with Crippen LogP contribution in [0.4, 0.5) is 0 Å². The van der Waals surface area contributed by atoms with Gasteiger partial charge in [0.25, 0.3) is 0 Å². The van der Waals surface area contributed by atoms with Crippen molar-refractivity contribution in [3.63, 3.8) is 0 Å². The molecule has 0 amide bonds. The van der Waals surface area contributed by atoms with Crippen LogP contribution in [0.2, 0.25) is 0 Å². The van der Waals surface area contributed by atoms with Gasteiger partial charge >= 0.3 is 0 Å². The zero-order valence-electron chi connectivity index (χ0n) is 11.2. The third-order valence-corrected chi connectivity index (χ3v) is 4.86. The van der Waals surface area contributed by atoms with Crippen molar-refractivity contribution in [3.8, 4) is 0 Å². The predicted molar refractivity (Wildman–Crippen MR) is 69.9 cm³/mol. The van der Waals surface area contributed by atoms with Crippen LogP contribution in [0.3, 0.4) is 0 Å². The van der Waals surface area contributed by atoms with E-state index < -0.39 is 0 Å². The van der Waals surface area contributed by atoms with Crippen LogP contribution in [-0.2, 0) is 4.74 Å². The van der Waals surface area contributed by atoms with E-state index in [9.17, 15) is 5.11 Å². The van der Waals surface area contributed by atoms with Crippen LogP contribution >= 0.6 is 0 Å². The highest BCUT2D eigenvalue weighted by Crippen LogP contribution is 2.35. The lowest BCUT2D eigenvalue weighted by Gasteiger charge is -2.34. The van der Waals surface area contributed by atoms with Gasteiger partial charge < -0.3 is 9.84 Å². The Balaban J connectivity index is 1.75. The molecule has 3 unspecified atom stereocenters. The van der Waals surface area contributed by atoms with Gasteiger partial charge in [0.2, 0.25) is 0 Å². The van der Waals surface area contributed by atoms with Gasteiger partial charge in [0.15, 0.2) is 0 Å². The first-order chi connectivity index (χ1) is 8.29. The molecule has 1 aliphatic carbocycles. The van der Waals surface area contributed by atoms with Gasteiger partial charge in [-0.2, -0.15) is 0 Å². The van der Waals surface area contributed by atoms with Crippen molar-refractivity contribution in [2.45, 2.75) is 64.4 Å². The summed E-state index contributed by atoms with van der Waals surface area (Å²) in [5, 5.41) is 10.4. The highest BCUT2D eigenvalue weighted by Gasteiger charge is 2.28. The van der Waals surface area contributed by atoms with Crippen molar-refractivity contribution in [2.75, 3.05) is 13.2 Å². The minimum Gasteiger partial charge on any atom is -0.393 e. The summed E-state index contributed by atoms with van der Waals surface area (Å²) in [6, 6.07) is 0. The summed E-state index contributed by atoms with van der Waals surface area (Å²) >= 11 is 0. The number of hydrogen-bond donors (Lipinski definition) is 1. The molecule has 100 valence electrons. The van der Waals surface area contributed by atoms with Crippen molar-refractivity contribution in [1.29, 1.82) is 0 Å². The van der Waals surface area contributed by atoms with Crippen LogP contribution in [0.15, 0.2) is 0 Å². The van der Waals surface area contributed by atoms with E-state index in [1.54, 1.807) is 0 Å². The summed E-state index contributed by atoms with van der Waals surface area (Å²) < 4.78 is 5.38. The summed E-state index contributed by atoms with van der Waals surface area (Å²) in [6.07, 6.45) is 9.80. The summed E-state index contributed by atoms with van der Waals surface area (Å²) in [5.41, 5.74) is 0. The second-order valence-corrected chi connectivity index (χ2v) is 6.06. The van der Waals surface area contributed by atoms with Gasteiger partial charge in [0.1, 0.15) is 0 Å². The van der Waals surface area contributed by atoms with E-state index in [4.69, 9.17) is 4.74 Å². The van der Waals surface area contributed by atoms with Gasteiger partial charge in [0, 0.05) is 13.2 Å². The Hall–Kier alpha value is -0.0800. The van der Waals surface area contributed by atoms with Crippen LogP contribution in [-0.4, -0.2) is 24.4 Å². The molecule has 2 aliphatic rings. The van der Waals surface area contributed by atoms with Gasteiger partial charge in [-0.3, -0.25) is 0 Å². The summed E-state index contributed by atoms with van der Waals surface area (Å²) in [6.45, 7) is 4.09. The molecule has 0 spiro atoms. The summed E-state index contributed by atoms with van der Waals surface area (Å²) in [5.74, 6) is 2.16. The van der Waals surface area contributed by atoms with Crippen LogP contribution in [0.25, 0.3) is 0 Å². The molecule has 0 bridgehead atoms. The molecule has 3 atom stereocenters. The number of rotatable bonds is 4. The standard InChI is InChI=1S/C15H28O2/c1-2-12-4-3-5-14(10-12)15(16)11-13-6-8-17-9-7-13/h12-16H,2-11H2,1H3. The van der Waals surface area contributed by atoms with Crippen molar-refractivity contribution >= 4 is 0 Å². The SMILES string of the molecule is CCC1CCCC(C(O)CC2CCOCC2)C1. The number of hydrogen-bond acceptors (Lipinski definition) is 2. The van der Waals surface area contributed by atoms with E-state index in [-0.39, 0.29) is 6.10 Å². The maximum atomic E-state index is 10.4. The fourth-order valence-corrected chi connectivity index (χ4v) is 3.57. The zero-order valence-corrected chi connectivity index (χ0v) is 11.2. The van der Waals surface area contributed by atoms with Crippen LogP contribution < -0.4 is 0 Å². The molecule has 2 nitrogen and oxygen atoms in total. The maximum Gasteiger partial charge on any atom is 0.0571 e. The molecule has 0 radical (unpaired) electrons. The number of ether oxygens (including phenoxy) is 1. The molecule has 17 heavy (non-hydrogen) atoms. The van der Waals surface area contributed by atoms with Gasteiger partial charge in [-0.1, -0.05) is 26.2 Å².